The van der Waals surface area contributed by atoms with E-state index in [4.69, 9.17) is 0 Å². The van der Waals surface area contributed by atoms with Crippen LogP contribution >= 0.6 is 0 Å². The third kappa shape index (κ3) is 1.33. The molecule has 1 aliphatic carbocycles. The van der Waals surface area contributed by atoms with E-state index >= 15 is 0 Å². The van der Waals surface area contributed by atoms with Crippen LogP contribution in [-0.4, -0.2) is 17.8 Å². The molecule has 0 radical (unpaired) electrons. The maximum Gasteiger partial charge on any atom is 0.328 e. The smallest absolute Gasteiger partial charge is 0.277 e. The summed E-state index contributed by atoms with van der Waals surface area (Å²) in [5.74, 6) is -0.855. The highest BCUT2D eigenvalue weighted by Crippen LogP contribution is 2.42. The average molecular weight is 210 g/mol. The van der Waals surface area contributed by atoms with Crippen molar-refractivity contribution in [1.82, 2.24) is 10.6 Å². The average Bonchev–Trinajstić information content (AvgIpc) is 2.16. The standard InChI is InChI=1S/C10H14N2O3/c1-6-4-2-3-5-10(6)7(13)11-9(15)12-8(10)14/h6H,2-5H2,1H3,(H2,11,12,13,14,15). The predicted octanol–water partition coefficient (Wildman–Crippen LogP) is 0.549. The zero-order valence-corrected chi connectivity index (χ0v) is 8.63. The van der Waals surface area contributed by atoms with Gasteiger partial charge in [0, 0.05) is 0 Å². The Balaban J connectivity index is 2.35. The summed E-state index contributed by atoms with van der Waals surface area (Å²) in [6.45, 7) is 1.90. The molecule has 1 heterocycles. The Labute approximate surface area is 87.6 Å². The largest absolute Gasteiger partial charge is 0.328 e. The second-order valence-electron chi connectivity index (χ2n) is 4.36. The minimum atomic E-state index is -1.01. The summed E-state index contributed by atoms with van der Waals surface area (Å²) >= 11 is 0. The molecule has 2 fully saturated rings. The number of barbiturate groups is 1. The van der Waals surface area contributed by atoms with Gasteiger partial charge in [0.25, 0.3) is 0 Å². The van der Waals surface area contributed by atoms with Gasteiger partial charge >= 0.3 is 6.03 Å². The topological polar surface area (TPSA) is 75.3 Å². The maximum atomic E-state index is 11.8. The maximum absolute atomic E-state index is 11.8. The molecule has 5 nitrogen and oxygen atoms in total. The lowest BCUT2D eigenvalue weighted by atomic mass is 9.65. The summed E-state index contributed by atoms with van der Waals surface area (Å²) in [6, 6.07) is -0.701. The van der Waals surface area contributed by atoms with Crippen LogP contribution in [0.3, 0.4) is 0 Å². The Morgan fingerprint density at radius 3 is 2.27 bits per heavy atom. The van der Waals surface area contributed by atoms with Gasteiger partial charge in [-0.25, -0.2) is 4.79 Å². The van der Waals surface area contributed by atoms with E-state index in [0.29, 0.717) is 6.42 Å². The predicted molar refractivity (Wildman–Crippen MR) is 51.7 cm³/mol. The lowest BCUT2D eigenvalue weighted by Gasteiger charge is -2.41. The molecule has 1 spiro atoms. The molecule has 2 aliphatic rings. The molecular weight excluding hydrogens is 196 g/mol. The normalized spacial score (nSPS) is 29.9. The van der Waals surface area contributed by atoms with Crippen LogP contribution in [0.5, 0.6) is 0 Å². The molecule has 5 heteroatoms. The summed E-state index contributed by atoms with van der Waals surface area (Å²) < 4.78 is 0. The third-order valence-corrected chi connectivity index (χ3v) is 3.56. The first-order valence-corrected chi connectivity index (χ1v) is 5.24. The second kappa shape index (κ2) is 3.32. The van der Waals surface area contributed by atoms with Gasteiger partial charge < -0.3 is 0 Å². The molecule has 0 aromatic carbocycles. The molecule has 1 unspecified atom stereocenters. The van der Waals surface area contributed by atoms with Gasteiger partial charge in [0.05, 0.1) is 0 Å². The van der Waals surface area contributed by atoms with Gasteiger partial charge in [-0.15, -0.1) is 0 Å². The van der Waals surface area contributed by atoms with Gasteiger partial charge in [-0.3, -0.25) is 20.2 Å². The van der Waals surface area contributed by atoms with Crippen molar-refractivity contribution in [3.05, 3.63) is 0 Å². The molecule has 0 aromatic heterocycles. The number of urea groups is 1. The molecule has 82 valence electrons. The zero-order chi connectivity index (χ0) is 11.1. The fourth-order valence-electron chi connectivity index (χ4n) is 2.59. The van der Waals surface area contributed by atoms with E-state index < -0.39 is 23.3 Å². The number of amides is 4. The van der Waals surface area contributed by atoms with Crippen LogP contribution in [-0.2, 0) is 9.59 Å². The van der Waals surface area contributed by atoms with Crippen molar-refractivity contribution in [1.29, 1.82) is 0 Å². The minimum Gasteiger partial charge on any atom is -0.277 e. The van der Waals surface area contributed by atoms with Gasteiger partial charge in [-0.1, -0.05) is 19.8 Å². The van der Waals surface area contributed by atoms with Crippen molar-refractivity contribution in [3.8, 4) is 0 Å². The molecule has 15 heavy (non-hydrogen) atoms. The molecule has 0 bridgehead atoms. The molecule has 2 rings (SSSR count). The minimum absolute atomic E-state index is 0.000602. The Kier molecular flexibility index (Phi) is 2.25. The fourth-order valence-corrected chi connectivity index (χ4v) is 2.59. The molecule has 1 saturated carbocycles. The van der Waals surface area contributed by atoms with E-state index in [1.54, 1.807) is 0 Å². The van der Waals surface area contributed by atoms with E-state index in [9.17, 15) is 14.4 Å². The quantitative estimate of drug-likeness (QED) is 0.573. The Morgan fingerprint density at radius 2 is 1.73 bits per heavy atom. The first kappa shape index (κ1) is 10.1. The summed E-state index contributed by atoms with van der Waals surface area (Å²) in [6.07, 6.45) is 3.30. The third-order valence-electron chi connectivity index (χ3n) is 3.56. The van der Waals surface area contributed by atoms with E-state index in [1.165, 1.54) is 0 Å². The summed E-state index contributed by atoms with van der Waals surface area (Å²) in [7, 11) is 0. The van der Waals surface area contributed by atoms with Crippen molar-refractivity contribution in [2.45, 2.75) is 32.6 Å². The molecule has 4 amide bonds. The number of hydrogen-bond donors (Lipinski definition) is 2. The first-order valence-electron chi connectivity index (χ1n) is 5.24. The van der Waals surface area contributed by atoms with Crippen molar-refractivity contribution < 1.29 is 14.4 Å². The zero-order valence-electron chi connectivity index (χ0n) is 8.63. The van der Waals surface area contributed by atoms with Crippen molar-refractivity contribution >= 4 is 17.8 Å². The second-order valence-corrected chi connectivity index (χ2v) is 4.36. The van der Waals surface area contributed by atoms with E-state index in [2.05, 4.69) is 10.6 Å². The van der Waals surface area contributed by atoms with Crippen molar-refractivity contribution in [2.24, 2.45) is 11.3 Å². The number of carbonyl (C=O) groups is 3. The Bertz CT molecular complexity index is 318. The lowest BCUT2D eigenvalue weighted by molar-refractivity contribution is -0.150. The monoisotopic (exact) mass is 210 g/mol. The molecule has 1 aliphatic heterocycles. The molecule has 1 saturated heterocycles. The van der Waals surface area contributed by atoms with E-state index in [-0.39, 0.29) is 5.92 Å². The lowest BCUT2D eigenvalue weighted by Crippen LogP contribution is -2.65. The number of hydrogen-bond acceptors (Lipinski definition) is 3. The van der Waals surface area contributed by atoms with Crippen LogP contribution in [0, 0.1) is 11.3 Å². The van der Waals surface area contributed by atoms with Crippen molar-refractivity contribution in [2.75, 3.05) is 0 Å². The van der Waals surface area contributed by atoms with Gasteiger partial charge in [-0.2, -0.15) is 0 Å². The highest BCUT2D eigenvalue weighted by Gasteiger charge is 2.54. The van der Waals surface area contributed by atoms with Crippen LogP contribution in [0.25, 0.3) is 0 Å². The Morgan fingerprint density at radius 1 is 1.13 bits per heavy atom. The molecule has 2 N–H and O–H groups in total. The number of imide groups is 2. The van der Waals surface area contributed by atoms with Crippen LogP contribution in [0.2, 0.25) is 0 Å². The van der Waals surface area contributed by atoms with Crippen molar-refractivity contribution in [3.63, 3.8) is 0 Å². The van der Waals surface area contributed by atoms with E-state index in [1.807, 2.05) is 6.92 Å². The van der Waals surface area contributed by atoms with Crippen LogP contribution in [0.15, 0.2) is 0 Å². The Hall–Kier alpha value is -1.39. The van der Waals surface area contributed by atoms with Crippen LogP contribution in [0.4, 0.5) is 4.79 Å². The summed E-state index contributed by atoms with van der Waals surface area (Å²) in [5.41, 5.74) is -1.01. The number of nitrogens with one attached hydrogen (secondary N) is 2. The summed E-state index contributed by atoms with van der Waals surface area (Å²) in [4.78, 5) is 34.6. The number of carbonyl (C=O) groups excluding carboxylic acids is 3. The number of rotatable bonds is 0. The fraction of sp³-hybridized carbons (Fsp3) is 0.700. The van der Waals surface area contributed by atoms with Gasteiger partial charge in [0.1, 0.15) is 5.41 Å². The highest BCUT2D eigenvalue weighted by molar-refractivity contribution is 6.19. The van der Waals surface area contributed by atoms with E-state index in [0.717, 1.165) is 19.3 Å². The SMILES string of the molecule is CC1CCCCC12C(=O)NC(=O)NC2=O. The molecule has 0 aromatic rings. The van der Waals surface area contributed by atoms with Gasteiger partial charge in [-0.05, 0) is 18.8 Å². The molecule has 1 atom stereocenters. The highest BCUT2D eigenvalue weighted by atomic mass is 16.2. The summed E-state index contributed by atoms with van der Waals surface area (Å²) in [5, 5.41) is 4.38. The van der Waals surface area contributed by atoms with Gasteiger partial charge in [0.15, 0.2) is 0 Å². The van der Waals surface area contributed by atoms with Crippen LogP contribution in [0.1, 0.15) is 32.6 Å². The molecular formula is C10H14N2O3. The first-order chi connectivity index (χ1) is 7.07. The van der Waals surface area contributed by atoms with Gasteiger partial charge in [0.2, 0.25) is 11.8 Å². The van der Waals surface area contributed by atoms with Crippen LogP contribution < -0.4 is 10.6 Å².